The second kappa shape index (κ2) is 18.3. The van der Waals surface area contributed by atoms with Crippen molar-refractivity contribution in [2.24, 2.45) is 5.92 Å². The minimum absolute atomic E-state index is 0.389. The van der Waals surface area contributed by atoms with E-state index in [9.17, 15) is 5.11 Å². The Kier molecular flexibility index (Phi) is 18.3. The summed E-state index contributed by atoms with van der Waals surface area (Å²) in [6.45, 7) is 9.11. The highest BCUT2D eigenvalue weighted by atomic mass is 16.3. The van der Waals surface area contributed by atoms with Crippen LogP contribution in [0.3, 0.4) is 0 Å². The Morgan fingerprint density at radius 1 is 0.500 bits per heavy atom. The molecule has 158 valence electrons. The normalized spacial score (nSPS) is 15.1. The van der Waals surface area contributed by atoms with Gasteiger partial charge < -0.3 is 5.11 Å². The van der Waals surface area contributed by atoms with Gasteiger partial charge in [-0.05, 0) is 31.6 Å². The number of unbranched alkanes of at least 4 members (excludes halogenated alkanes) is 11. The van der Waals surface area contributed by atoms with Crippen molar-refractivity contribution in [3.8, 4) is 0 Å². The summed E-state index contributed by atoms with van der Waals surface area (Å²) in [4.78, 5) is 0. The first-order valence-corrected chi connectivity index (χ1v) is 12.4. The third-order valence-electron chi connectivity index (χ3n) is 6.23. The van der Waals surface area contributed by atoms with Crippen molar-refractivity contribution in [1.29, 1.82) is 0 Å². The Morgan fingerprint density at radius 3 is 1.50 bits per heavy atom. The van der Waals surface area contributed by atoms with Crippen molar-refractivity contribution in [2.45, 2.75) is 155 Å². The molecule has 0 saturated heterocycles. The fourth-order valence-electron chi connectivity index (χ4n) is 4.43. The van der Waals surface area contributed by atoms with E-state index in [1.807, 2.05) is 0 Å². The van der Waals surface area contributed by atoms with Gasteiger partial charge in [0.2, 0.25) is 0 Å². The van der Waals surface area contributed by atoms with Gasteiger partial charge in [0, 0.05) is 0 Å². The van der Waals surface area contributed by atoms with Crippen LogP contribution >= 0.6 is 0 Å². The molecule has 26 heavy (non-hydrogen) atoms. The van der Waals surface area contributed by atoms with E-state index in [1.165, 1.54) is 109 Å². The van der Waals surface area contributed by atoms with Crippen LogP contribution in [0.25, 0.3) is 0 Å². The quantitative estimate of drug-likeness (QED) is 0.213. The molecule has 0 aromatic heterocycles. The Bertz CT molecular complexity index is 275. The molecule has 0 aliphatic rings. The van der Waals surface area contributed by atoms with Crippen molar-refractivity contribution in [1.82, 2.24) is 0 Å². The molecular formula is C25H52O. The Balaban J connectivity index is 4.44. The van der Waals surface area contributed by atoms with Gasteiger partial charge in [0.1, 0.15) is 0 Å². The standard InChI is InChI=1S/C25H52O/c1-5-9-12-14-16-18-21-24(20-8-4)25(26,22-11-7-3)23-19-17-15-13-10-6-2/h24,26H,5-23H2,1-4H3. The topological polar surface area (TPSA) is 20.2 Å². The molecule has 0 aliphatic heterocycles. The van der Waals surface area contributed by atoms with Gasteiger partial charge in [-0.3, -0.25) is 0 Å². The van der Waals surface area contributed by atoms with E-state index in [0.29, 0.717) is 5.92 Å². The zero-order valence-electron chi connectivity index (χ0n) is 19.0. The molecule has 0 spiro atoms. The highest BCUT2D eigenvalue weighted by Gasteiger charge is 2.34. The predicted octanol–water partition coefficient (Wildman–Crippen LogP) is 8.83. The Labute approximate surface area is 166 Å². The van der Waals surface area contributed by atoms with E-state index in [1.54, 1.807) is 0 Å². The van der Waals surface area contributed by atoms with Gasteiger partial charge in [-0.25, -0.2) is 0 Å². The summed E-state index contributed by atoms with van der Waals surface area (Å²) < 4.78 is 0. The number of aliphatic hydroxyl groups is 1. The summed E-state index contributed by atoms with van der Waals surface area (Å²) in [7, 11) is 0. The van der Waals surface area contributed by atoms with Crippen molar-refractivity contribution in [3.63, 3.8) is 0 Å². The van der Waals surface area contributed by atoms with Gasteiger partial charge in [0.25, 0.3) is 0 Å². The lowest BCUT2D eigenvalue weighted by molar-refractivity contribution is -0.0448. The molecule has 0 saturated carbocycles. The van der Waals surface area contributed by atoms with Crippen molar-refractivity contribution >= 4 is 0 Å². The van der Waals surface area contributed by atoms with Gasteiger partial charge >= 0.3 is 0 Å². The average molecular weight is 369 g/mol. The van der Waals surface area contributed by atoms with Crippen molar-refractivity contribution in [2.75, 3.05) is 0 Å². The zero-order chi connectivity index (χ0) is 19.5. The van der Waals surface area contributed by atoms with E-state index >= 15 is 0 Å². The van der Waals surface area contributed by atoms with Gasteiger partial charge in [-0.2, -0.15) is 0 Å². The van der Waals surface area contributed by atoms with E-state index in [4.69, 9.17) is 0 Å². The molecule has 2 atom stereocenters. The smallest absolute Gasteiger partial charge is 0.0675 e. The monoisotopic (exact) mass is 368 g/mol. The maximum atomic E-state index is 11.6. The molecule has 2 unspecified atom stereocenters. The van der Waals surface area contributed by atoms with Gasteiger partial charge in [-0.1, -0.05) is 124 Å². The Hall–Kier alpha value is -0.0400. The lowest BCUT2D eigenvalue weighted by Gasteiger charge is -2.37. The van der Waals surface area contributed by atoms with E-state index in [0.717, 1.165) is 12.8 Å². The summed E-state index contributed by atoms with van der Waals surface area (Å²) >= 11 is 0. The van der Waals surface area contributed by atoms with Crippen molar-refractivity contribution in [3.05, 3.63) is 0 Å². The van der Waals surface area contributed by atoms with Gasteiger partial charge in [-0.15, -0.1) is 0 Å². The van der Waals surface area contributed by atoms with Gasteiger partial charge in [0.05, 0.1) is 5.60 Å². The largest absolute Gasteiger partial charge is 0.390 e. The molecule has 0 aromatic carbocycles. The second-order valence-electron chi connectivity index (χ2n) is 8.77. The van der Waals surface area contributed by atoms with Crippen LogP contribution in [0.4, 0.5) is 0 Å². The molecule has 0 amide bonds. The minimum Gasteiger partial charge on any atom is -0.390 e. The van der Waals surface area contributed by atoms with Crippen LogP contribution in [0, 0.1) is 5.92 Å². The molecule has 0 aromatic rings. The highest BCUT2D eigenvalue weighted by Crippen LogP contribution is 2.36. The maximum Gasteiger partial charge on any atom is 0.0675 e. The Morgan fingerprint density at radius 2 is 0.962 bits per heavy atom. The first kappa shape index (κ1) is 26.0. The molecule has 0 heterocycles. The molecule has 0 rings (SSSR count). The number of hydrogen-bond donors (Lipinski definition) is 1. The van der Waals surface area contributed by atoms with E-state index < -0.39 is 0 Å². The maximum absolute atomic E-state index is 11.6. The van der Waals surface area contributed by atoms with Crippen LogP contribution in [-0.2, 0) is 0 Å². The lowest BCUT2D eigenvalue weighted by atomic mass is 9.74. The van der Waals surface area contributed by atoms with Crippen LogP contribution in [-0.4, -0.2) is 10.7 Å². The van der Waals surface area contributed by atoms with Crippen LogP contribution in [0.1, 0.15) is 150 Å². The SMILES string of the molecule is CCCCCCCCC(CCC)C(O)(CCCC)CCCCCCCC. The zero-order valence-corrected chi connectivity index (χ0v) is 19.0. The summed E-state index contributed by atoms with van der Waals surface area (Å²) in [5.74, 6) is 0.529. The molecule has 1 N–H and O–H groups in total. The summed E-state index contributed by atoms with van der Waals surface area (Å²) in [6.07, 6.45) is 24.3. The summed E-state index contributed by atoms with van der Waals surface area (Å²) in [5.41, 5.74) is -0.389. The van der Waals surface area contributed by atoms with E-state index in [-0.39, 0.29) is 5.60 Å². The summed E-state index contributed by atoms with van der Waals surface area (Å²) in [6, 6.07) is 0. The molecular weight excluding hydrogens is 316 g/mol. The molecule has 0 aliphatic carbocycles. The first-order chi connectivity index (χ1) is 12.6. The first-order valence-electron chi connectivity index (χ1n) is 12.4. The van der Waals surface area contributed by atoms with Crippen LogP contribution < -0.4 is 0 Å². The fraction of sp³-hybridized carbons (Fsp3) is 1.00. The molecule has 0 radical (unpaired) electrons. The second-order valence-corrected chi connectivity index (χ2v) is 8.77. The van der Waals surface area contributed by atoms with Crippen LogP contribution in [0.5, 0.6) is 0 Å². The van der Waals surface area contributed by atoms with Crippen LogP contribution in [0.2, 0.25) is 0 Å². The lowest BCUT2D eigenvalue weighted by Crippen LogP contribution is -2.38. The van der Waals surface area contributed by atoms with Gasteiger partial charge in [0.15, 0.2) is 0 Å². The molecule has 0 fully saturated rings. The number of hydrogen-bond acceptors (Lipinski definition) is 1. The average Bonchev–Trinajstić information content (AvgIpc) is 2.64. The molecule has 1 heteroatoms. The predicted molar refractivity (Wildman–Crippen MR) is 119 cm³/mol. The third kappa shape index (κ3) is 13.2. The fourth-order valence-corrected chi connectivity index (χ4v) is 4.43. The van der Waals surface area contributed by atoms with Crippen molar-refractivity contribution < 1.29 is 5.11 Å². The van der Waals surface area contributed by atoms with Crippen LogP contribution in [0.15, 0.2) is 0 Å². The minimum atomic E-state index is -0.389. The summed E-state index contributed by atoms with van der Waals surface area (Å²) in [5, 5.41) is 11.6. The number of rotatable bonds is 20. The highest BCUT2D eigenvalue weighted by molar-refractivity contribution is 4.86. The third-order valence-corrected chi connectivity index (χ3v) is 6.23. The van der Waals surface area contributed by atoms with E-state index in [2.05, 4.69) is 27.7 Å². The molecule has 0 bridgehead atoms. The molecule has 1 nitrogen and oxygen atoms in total.